The number of rotatable bonds is 2. The van der Waals surface area contributed by atoms with E-state index in [0.717, 1.165) is 17.3 Å². The van der Waals surface area contributed by atoms with E-state index in [9.17, 15) is 4.79 Å². The number of anilines is 1. The minimum Gasteiger partial charge on any atom is -0.472 e. The first kappa shape index (κ1) is 13.7. The summed E-state index contributed by atoms with van der Waals surface area (Å²) in [6.07, 6.45) is 6.60. The first-order chi connectivity index (χ1) is 11.2. The van der Waals surface area contributed by atoms with E-state index in [4.69, 9.17) is 4.42 Å². The summed E-state index contributed by atoms with van der Waals surface area (Å²) in [5, 5.41) is 8.30. The van der Waals surface area contributed by atoms with Gasteiger partial charge in [-0.3, -0.25) is 9.20 Å². The second-order valence-corrected chi connectivity index (χ2v) is 5.48. The molecule has 0 spiro atoms. The summed E-state index contributed by atoms with van der Waals surface area (Å²) in [6.45, 7) is 4.61. The quantitative estimate of drug-likeness (QED) is 0.702. The van der Waals surface area contributed by atoms with E-state index in [1.54, 1.807) is 12.3 Å². The van der Waals surface area contributed by atoms with Gasteiger partial charge < -0.3 is 14.2 Å². The number of carbonyl (C=O) groups is 1. The highest BCUT2D eigenvalue weighted by Crippen LogP contribution is 2.19. The van der Waals surface area contributed by atoms with E-state index in [0.29, 0.717) is 31.7 Å². The SMILES string of the molecule is Cc1nnc2c(N3CCN(C(=O)c4ccoc4)CC3)nccn12. The van der Waals surface area contributed by atoms with Crippen LogP contribution in [-0.2, 0) is 0 Å². The topological polar surface area (TPSA) is 79.8 Å². The van der Waals surface area contributed by atoms with Gasteiger partial charge in [-0.15, -0.1) is 10.2 Å². The van der Waals surface area contributed by atoms with Gasteiger partial charge in [0.15, 0.2) is 5.82 Å². The summed E-state index contributed by atoms with van der Waals surface area (Å²) in [4.78, 5) is 20.7. The van der Waals surface area contributed by atoms with Crippen LogP contribution in [0.1, 0.15) is 16.2 Å². The second kappa shape index (κ2) is 5.38. The molecule has 8 nitrogen and oxygen atoms in total. The van der Waals surface area contributed by atoms with Crippen molar-refractivity contribution in [3.05, 3.63) is 42.4 Å². The molecule has 1 fully saturated rings. The number of fused-ring (bicyclic) bond motifs is 1. The summed E-state index contributed by atoms with van der Waals surface area (Å²) >= 11 is 0. The highest BCUT2D eigenvalue weighted by molar-refractivity contribution is 5.94. The van der Waals surface area contributed by atoms with Crippen LogP contribution >= 0.6 is 0 Å². The van der Waals surface area contributed by atoms with E-state index in [2.05, 4.69) is 20.1 Å². The standard InChI is InChI=1S/C15H16N6O2/c1-11-17-18-14-13(16-3-4-21(11)14)19-5-7-20(8-6-19)15(22)12-2-9-23-10-12/h2-4,9-10H,5-8H2,1H3. The second-order valence-electron chi connectivity index (χ2n) is 5.48. The van der Waals surface area contributed by atoms with Gasteiger partial charge in [0.05, 0.1) is 11.8 Å². The molecule has 118 valence electrons. The summed E-state index contributed by atoms with van der Waals surface area (Å²) < 4.78 is 6.90. The molecule has 0 aliphatic carbocycles. The summed E-state index contributed by atoms with van der Waals surface area (Å²) in [5.41, 5.74) is 1.34. The first-order valence-electron chi connectivity index (χ1n) is 7.47. The van der Waals surface area contributed by atoms with Crippen molar-refractivity contribution in [3.8, 4) is 0 Å². The lowest BCUT2D eigenvalue weighted by Gasteiger charge is -2.35. The molecule has 0 atom stereocenters. The summed E-state index contributed by atoms with van der Waals surface area (Å²) in [7, 11) is 0. The largest absolute Gasteiger partial charge is 0.472 e. The maximum Gasteiger partial charge on any atom is 0.257 e. The average molecular weight is 312 g/mol. The van der Waals surface area contributed by atoms with Crippen molar-refractivity contribution in [1.82, 2.24) is 24.5 Å². The van der Waals surface area contributed by atoms with Crippen LogP contribution in [0.15, 0.2) is 35.4 Å². The highest BCUT2D eigenvalue weighted by Gasteiger charge is 2.25. The number of nitrogens with zero attached hydrogens (tertiary/aromatic N) is 6. The van der Waals surface area contributed by atoms with Crippen LogP contribution in [0.25, 0.3) is 5.65 Å². The summed E-state index contributed by atoms with van der Waals surface area (Å²) in [6, 6.07) is 1.69. The maximum absolute atomic E-state index is 12.3. The van der Waals surface area contributed by atoms with Gasteiger partial charge in [0.25, 0.3) is 5.91 Å². The Hall–Kier alpha value is -2.90. The van der Waals surface area contributed by atoms with E-state index in [-0.39, 0.29) is 5.91 Å². The Morgan fingerprint density at radius 1 is 1.22 bits per heavy atom. The fraction of sp³-hybridized carbons (Fsp3) is 0.333. The third kappa shape index (κ3) is 2.32. The Morgan fingerprint density at radius 2 is 2.04 bits per heavy atom. The van der Waals surface area contributed by atoms with Crippen LogP contribution < -0.4 is 4.90 Å². The van der Waals surface area contributed by atoms with E-state index < -0.39 is 0 Å². The van der Waals surface area contributed by atoms with Gasteiger partial charge in [-0.2, -0.15) is 0 Å². The molecule has 4 heterocycles. The molecule has 3 aromatic heterocycles. The first-order valence-corrected chi connectivity index (χ1v) is 7.47. The monoisotopic (exact) mass is 312 g/mol. The van der Waals surface area contributed by atoms with E-state index in [1.807, 2.05) is 22.4 Å². The zero-order chi connectivity index (χ0) is 15.8. The van der Waals surface area contributed by atoms with Crippen molar-refractivity contribution >= 4 is 17.4 Å². The number of aromatic nitrogens is 4. The molecule has 1 amide bonds. The fourth-order valence-corrected chi connectivity index (χ4v) is 2.84. The van der Waals surface area contributed by atoms with E-state index >= 15 is 0 Å². The van der Waals surface area contributed by atoms with Crippen LogP contribution in [0, 0.1) is 6.92 Å². The van der Waals surface area contributed by atoms with Gasteiger partial charge in [0, 0.05) is 38.6 Å². The third-order valence-electron chi connectivity index (χ3n) is 4.11. The molecule has 0 radical (unpaired) electrons. The zero-order valence-corrected chi connectivity index (χ0v) is 12.7. The number of furan rings is 1. The van der Waals surface area contributed by atoms with Crippen molar-refractivity contribution in [1.29, 1.82) is 0 Å². The van der Waals surface area contributed by atoms with Gasteiger partial charge in [-0.1, -0.05) is 0 Å². The molecule has 1 saturated heterocycles. The molecular weight excluding hydrogens is 296 g/mol. The molecule has 8 heteroatoms. The molecular formula is C15H16N6O2. The normalized spacial score (nSPS) is 15.3. The molecule has 0 bridgehead atoms. The number of carbonyl (C=O) groups excluding carboxylic acids is 1. The Bertz CT molecular complexity index is 833. The molecule has 1 aliphatic rings. The van der Waals surface area contributed by atoms with Crippen LogP contribution in [0.4, 0.5) is 5.82 Å². The van der Waals surface area contributed by atoms with Crippen LogP contribution in [-0.4, -0.2) is 56.6 Å². The zero-order valence-electron chi connectivity index (χ0n) is 12.7. The van der Waals surface area contributed by atoms with Crippen molar-refractivity contribution in [2.24, 2.45) is 0 Å². The smallest absolute Gasteiger partial charge is 0.257 e. The predicted molar refractivity (Wildman–Crippen MR) is 82.3 cm³/mol. The van der Waals surface area contributed by atoms with Crippen molar-refractivity contribution in [2.45, 2.75) is 6.92 Å². The lowest BCUT2D eigenvalue weighted by molar-refractivity contribution is 0.0746. The molecule has 4 rings (SSSR count). The molecule has 0 unspecified atom stereocenters. The fourth-order valence-electron chi connectivity index (χ4n) is 2.84. The van der Waals surface area contributed by atoms with Crippen LogP contribution in [0.3, 0.4) is 0 Å². The maximum atomic E-state index is 12.3. The Balaban J connectivity index is 1.52. The minimum atomic E-state index is 0.00268. The summed E-state index contributed by atoms with van der Waals surface area (Å²) in [5.74, 6) is 1.64. The Labute approximate surface area is 132 Å². The third-order valence-corrected chi connectivity index (χ3v) is 4.11. The Morgan fingerprint density at radius 3 is 2.78 bits per heavy atom. The molecule has 3 aromatic rings. The number of hydrogen-bond acceptors (Lipinski definition) is 6. The lowest BCUT2D eigenvalue weighted by Crippen LogP contribution is -2.49. The van der Waals surface area contributed by atoms with Crippen molar-refractivity contribution in [3.63, 3.8) is 0 Å². The van der Waals surface area contributed by atoms with Gasteiger partial charge in [0.1, 0.15) is 12.1 Å². The minimum absolute atomic E-state index is 0.00268. The number of amides is 1. The lowest BCUT2D eigenvalue weighted by atomic mass is 10.2. The van der Waals surface area contributed by atoms with Gasteiger partial charge in [-0.05, 0) is 13.0 Å². The molecule has 0 aromatic carbocycles. The average Bonchev–Trinajstić information content (AvgIpc) is 3.25. The predicted octanol–water partition coefficient (Wildman–Crippen LogP) is 0.988. The molecule has 0 saturated carbocycles. The molecule has 1 aliphatic heterocycles. The van der Waals surface area contributed by atoms with Crippen LogP contribution in [0.5, 0.6) is 0 Å². The molecule has 0 N–H and O–H groups in total. The van der Waals surface area contributed by atoms with Crippen molar-refractivity contribution < 1.29 is 9.21 Å². The Kier molecular flexibility index (Phi) is 3.22. The number of piperazine rings is 1. The van der Waals surface area contributed by atoms with Crippen LogP contribution in [0.2, 0.25) is 0 Å². The van der Waals surface area contributed by atoms with Gasteiger partial charge >= 0.3 is 0 Å². The van der Waals surface area contributed by atoms with E-state index in [1.165, 1.54) is 12.5 Å². The van der Waals surface area contributed by atoms with Gasteiger partial charge in [-0.25, -0.2) is 4.98 Å². The van der Waals surface area contributed by atoms with Gasteiger partial charge in [0.2, 0.25) is 5.65 Å². The van der Waals surface area contributed by atoms with Crippen molar-refractivity contribution in [2.75, 3.05) is 31.1 Å². The highest BCUT2D eigenvalue weighted by atomic mass is 16.3. The number of aryl methyl sites for hydroxylation is 1. The molecule has 23 heavy (non-hydrogen) atoms. The number of hydrogen-bond donors (Lipinski definition) is 0.